The second-order valence-corrected chi connectivity index (χ2v) is 7.78. The van der Waals surface area contributed by atoms with E-state index in [0.717, 1.165) is 31.6 Å². The summed E-state index contributed by atoms with van der Waals surface area (Å²) in [4.78, 5) is 14.7. The van der Waals surface area contributed by atoms with Crippen molar-refractivity contribution in [3.63, 3.8) is 0 Å². The zero-order chi connectivity index (χ0) is 17.3. The first-order valence-electron chi connectivity index (χ1n) is 8.93. The number of nitrogens with zero attached hydrogens (tertiary/aromatic N) is 2. The molecule has 1 saturated heterocycles. The fraction of sp³-hybridized carbons (Fsp3) is 0.550. The van der Waals surface area contributed by atoms with Crippen molar-refractivity contribution in [1.29, 1.82) is 0 Å². The fourth-order valence-corrected chi connectivity index (χ4v) is 3.86. The van der Waals surface area contributed by atoms with Gasteiger partial charge in [0.05, 0.1) is 6.42 Å². The molecule has 1 amide bonds. The molecule has 1 fully saturated rings. The fourth-order valence-electron chi connectivity index (χ4n) is 3.86. The van der Waals surface area contributed by atoms with Crippen LogP contribution in [0.3, 0.4) is 0 Å². The minimum Gasteiger partial charge on any atom is -0.347 e. The van der Waals surface area contributed by atoms with Gasteiger partial charge in [-0.25, -0.2) is 0 Å². The number of aromatic nitrogens is 1. The molecule has 25 heavy (non-hydrogen) atoms. The normalized spacial score (nSPS) is 16.1. The number of carbonyl (C=O) groups is 1. The molecule has 5 heteroatoms. The minimum atomic E-state index is 0. The molecule has 1 aliphatic rings. The highest BCUT2D eigenvalue weighted by molar-refractivity contribution is 5.85. The van der Waals surface area contributed by atoms with Gasteiger partial charge in [-0.2, -0.15) is 0 Å². The third-order valence-corrected chi connectivity index (χ3v) is 5.86. The Labute approximate surface area is 156 Å². The van der Waals surface area contributed by atoms with E-state index in [1.54, 1.807) is 0 Å². The van der Waals surface area contributed by atoms with Gasteiger partial charge in [-0.05, 0) is 48.2 Å². The van der Waals surface area contributed by atoms with Crippen LogP contribution >= 0.6 is 12.4 Å². The Morgan fingerprint density at radius 3 is 2.48 bits per heavy atom. The standard InChI is InChI=1S/C20H29N3O.ClH/c1-20(2,14-21)16-8-10-23(11-9-16)19(24)13-17-12-15-6-4-5-7-18(15)22(17)3;/h4-7,12,16H,8-11,13-14,21H2,1-3H3;1H. The Morgan fingerprint density at radius 2 is 1.88 bits per heavy atom. The third-order valence-electron chi connectivity index (χ3n) is 5.86. The lowest BCUT2D eigenvalue weighted by atomic mass is 9.74. The first kappa shape index (κ1) is 19.8. The lowest BCUT2D eigenvalue weighted by Gasteiger charge is -2.40. The van der Waals surface area contributed by atoms with Crippen LogP contribution in [-0.4, -0.2) is 35.0 Å². The Morgan fingerprint density at radius 1 is 1.24 bits per heavy atom. The van der Waals surface area contributed by atoms with Gasteiger partial charge >= 0.3 is 0 Å². The Kier molecular flexibility index (Phi) is 6.17. The van der Waals surface area contributed by atoms with E-state index in [1.165, 1.54) is 10.9 Å². The largest absolute Gasteiger partial charge is 0.347 e. The summed E-state index contributed by atoms with van der Waals surface area (Å²) in [5, 5.41) is 1.20. The van der Waals surface area contributed by atoms with E-state index in [4.69, 9.17) is 5.73 Å². The summed E-state index contributed by atoms with van der Waals surface area (Å²) in [6.45, 7) is 6.91. The molecule has 2 heterocycles. The maximum Gasteiger partial charge on any atom is 0.228 e. The SMILES string of the molecule is Cl.Cn1c(CC(=O)N2CCC(C(C)(C)CN)CC2)cc2ccccc21. The van der Waals surface area contributed by atoms with Crippen molar-refractivity contribution in [2.24, 2.45) is 24.1 Å². The van der Waals surface area contributed by atoms with Crippen LogP contribution < -0.4 is 5.73 Å². The monoisotopic (exact) mass is 363 g/mol. The van der Waals surface area contributed by atoms with Gasteiger partial charge < -0.3 is 15.2 Å². The molecule has 1 aromatic heterocycles. The molecule has 0 aliphatic carbocycles. The number of aryl methyl sites for hydroxylation is 1. The van der Waals surface area contributed by atoms with Gasteiger partial charge in [-0.3, -0.25) is 4.79 Å². The molecule has 0 bridgehead atoms. The average Bonchev–Trinajstić information content (AvgIpc) is 2.91. The van der Waals surface area contributed by atoms with Crippen molar-refractivity contribution < 1.29 is 4.79 Å². The molecule has 0 unspecified atom stereocenters. The van der Waals surface area contributed by atoms with Gasteiger partial charge in [0.2, 0.25) is 5.91 Å². The van der Waals surface area contributed by atoms with Crippen LogP contribution in [0.4, 0.5) is 0 Å². The molecule has 0 radical (unpaired) electrons. The molecule has 138 valence electrons. The number of halogens is 1. The second kappa shape index (κ2) is 7.79. The zero-order valence-corrected chi connectivity index (χ0v) is 16.3. The predicted molar refractivity (Wildman–Crippen MR) is 106 cm³/mol. The summed E-state index contributed by atoms with van der Waals surface area (Å²) in [7, 11) is 2.04. The molecule has 0 atom stereocenters. The first-order valence-corrected chi connectivity index (χ1v) is 8.93. The van der Waals surface area contributed by atoms with Crippen LogP contribution in [-0.2, 0) is 18.3 Å². The molecule has 0 spiro atoms. The highest BCUT2D eigenvalue weighted by Crippen LogP contribution is 2.34. The molecule has 0 saturated carbocycles. The summed E-state index contributed by atoms with van der Waals surface area (Å²) in [5.41, 5.74) is 8.35. The summed E-state index contributed by atoms with van der Waals surface area (Å²) in [5.74, 6) is 0.856. The maximum absolute atomic E-state index is 12.7. The summed E-state index contributed by atoms with van der Waals surface area (Å²) in [6.07, 6.45) is 2.60. The number of piperidine rings is 1. The van der Waals surface area contributed by atoms with E-state index >= 15 is 0 Å². The number of benzene rings is 1. The zero-order valence-electron chi connectivity index (χ0n) is 15.5. The van der Waals surface area contributed by atoms with Gasteiger partial charge in [0.15, 0.2) is 0 Å². The molecule has 1 aromatic carbocycles. The molecule has 2 aromatic rings. The van der Waals surface area contributed by atoms with Gasteiger partial charge in [-0.1, -0.05) is 32.0 Å². The molecule has 2 N–H and O–H groups in total. The predicted octanol–water partition coefficient (Wildman–Crippen LogP) is 3.37. The highest BCUT2D eigenvalue weighted by atomic mass is 35.5. The number of fused-ring (bicyclic) bond motifs is 1. The van der Waals surface area contributed by atoms with E-state index in [1.807, 2.05) is 24.1 Å². The van der Waals surface area contributed by atoms with Crippen LogP contribution in [0.1, 0.15) is 32.4 Å². The minimum absolute atomic E-state index is 0. The number of hydrogen-bond acceptors (Lipinski definition) is 2. The van der Waals surface area contributed by atoms with E-state index in [0.29, 0.717) is 18.9 Å². The van der Waals surface area contributed by atoms with Crippen LogP contribution in [0.15, 0.2) is 30.3 Å². The van der Waals surface area contributed by atoms with Gasteiger partial charge in [0.25, 0.3) is 0 Å². The number of para-hydroxylation sites is 1. The Balaban J connectivity index is 0.00000225. The van der Waals surface area contributed by atoms with Gasteiger partial charge in [0.1, 0.15) is 0 Å². The molecular weight excluding hydrogens is 334 g/mol. The van der Waals surface area contributed by atoms with E-state index in [2.05, 4.69) is 36.6 Å². The first-order chi connectivity index (χ1) is 11.4. The number of rotatable bonds is 4. The van der Waals surface area contributed by atoms with Crippen molar-refractivity contribution in [2.45, 2.75) is 33.1 Å². The Hall–Kier alpha value is -1.52. The molecule has 3 rings (SSSR count). The van der Waals surface area contributed by atoms with Gasteiger partial charge in [0, 0.05) is 31.3 Å². The number of likely N-dealkylation sites (tertiary alicyclic amines) is 1. The maximum atomic E-state index is 12.7. The van der Waals surface area contributed by atoms with Crippen molar-refractivity contribution in [2.75, 3.05) is 19.6 Å². The van der Waals surface area contributed by atoms with Crippen LogP contribution in [0, 0.1) is 11.3 Å². The van der Waals surface area contributed by atoms with Gasteiger partial charge in [-0.15, -0.1) is 12.4 Å². The third kappa shape index (κ3) is 4.01. The van der Waals surface area contributed by atoms with Crippen LogP contribution in [0.25, 0.3) is 10.9 Å². The summed E-state index contributed by atoms with van der Waals surface area (Å²) < 4.78 is 2.14. The molecule has 4 nitrogen and oxygen atoms in total. The number of carbonyl (C=O) groups excluding carboxylic acids is 1. The Bertz CT molecular complexity index is 730. The summed E-state index contributed by atoms with van der Waals surface area (Å²) >= 11 is 0. The smallest absolute Gasteiger partial charge is 0.228 e. The van der Waals surface area contributed by atoms with E-state index in [9.17, 15) is 4.79 Å². The lowest BCUT2D eigenvalue weighted by molar-refractivity contribution is -0.132. The van der Waals surface area contributed by atoms with Crippen molar-refractivity contribution >= 4 is 29.2 Å². The average molecular weight is 364 g/mol. The number of hydrogen-bond donors (Lipinski definition) is 1. The molecular formula is C20H30ClN3O. The van der Waals surface area contributed by atoms with Crippen LogP contribution in [0.2, 0.25) is 0 Å². The quantitative estimate of drug-likeness (QED) is 0.905. The topological polar surface area (TPSA) is 51.3 Å². The van der Waals surface area contributed by atoms with E-state index < -0.39 is 0 Å². The lowest BCUT2D eigenvalue weighted by Crippen LogP contribution is -2.44. The van der Waals surface area contributed by atoms with E-state index in [-0.39, 0.29) is 23.7 Å². The number of amides is 1. The molecule has 1 aliphatic heterocycles. The highest BCUT2D eigenvalue weighted by Gasteiger charge is 2.32. The number of nitrogens with two attached hydrogens (primary N) is 1. The van der Waals surface area contributed by atoms with Crippen molar-refractivity contribution in [3.8, 4) is 0 Å². The van der Waals surface area contributed by atoms with Crippen LogP contribution in [0.5, 0.6) is 0 Å². The van der Waals surface area contributed by atoms with Crippen molar-refractivity contribution in [1.82, 2.24) is 9.47 Å². The van der Waals surface area contributed by atoms with Crippen molar-refractivity contribution in [3.05, 3.63) is 36.0 Å². The summed E-state index contributed by atoms with van der Waals surface area (Å²) in [6, 6.07) is 10.4. The second-order valence-electron chi connectivity index (χ2n) is 7.78.